The van der Waals surface area contributed by atoms with E-state index in [0.29, 0.717) is 10.5 Å². The average molecular weight is 402 g/mol. The van der Waals surface area contributed by atoms with Crippen molar-refractivity contribution in [2.24, 2.45) is 0 Å². The first-order valence-corrected chi connectivity index (χ1v) is 9.69. The Bertz CT molecular complexity index is 687. The van der Waals surface area contributed by atoms with Gasteiger partial charge in [-0.1, -0.05) is 30.3 Å². The number of benzene rings is 1. The molecule has 25 heavy (non-hydrogen) atoms. The van der Waals surface area contributed by atoms with E-state index < -0.39 is 45.3 Å². The maximum atomic E-state index is 13.4. The van der Waals surface area contributed by atoms with Crippen LogP contribution in [0.2, 0.25) is 0 Å². The van der Waals surface area contributed by atoms with Crippen LogP contribution < -0.4 is 0 Å². The lowest BCUT2D eigenvalue weighted by atomic mass is 10.1. The normalized spacial score (nSPS) is 14.0. The molecule has 142 valence electrons. The molecule has 5 nitrogen and oxygen atoms in total. The van der Waals surface area contributed by atoms with Crippen LogP contribution in [0.4, 0.5) is 18.0 Å². The van der Waals surface area contributed by atoms with Crippen molar-refractivity contribution < 1.29 is 31.1 Å². The molecule has 0 aliphatic heterocycles. The van der Waals surface area contributed by atoms with Crippen molar-refractivity contribution in [3.63, 3.8) is 0 Å². The summed E-state index contributed by atoms with van der Waals surface area (Å²) in [6.07, 6.45) is -6.29. The fourth-order valence-electron chi connectivity index (χ4n) is 1.95. The average Bonchev–Trinajstić information content (AvgIpc) is 2.39. The summed E-state index contributed by atoms with van der Waals surface area (Å²) in [5, 5.41) is 0. The molecule has 0 saturated carbocycles. The molecule has 10 heteroatoms. The van der Waals surface area contributed by atoms with Crippen molar-refractivity contribution in [1.82, 2.24) is 4.90 Å². The number of amides is 1. The number of carbonyl (C=O) groups is 1. The summed E-state index contributed by atoms with van der Waals surface area (Å²) in [5.41, 5.74) is -0.670. The second-order valence-electron chi connectivity index (χ2n) is 6.36. The van der Waals surface area contributed by atoms with Gasteiger partial charge in [-0.3, -0.25) is 4.90 Å². The van der Waals surface area contributed by atoms with E-state index in [1.807, 2.05) is 0 Å². The zero-order chi connectivity index (χ0) is 19.5. The molecule has 0 fully saturated rings. The monoisotopic (exact) mass is 401 g/mol. The molecule has 0 radical (unpaired) electrons. The van der Waals surface area contributed by atoms with Crippen LogP contribution in [0, 0.1) is 0 Å². The molecule has 1 aromatic carbocycles. The van der Waals surface area contributed by atoms with E-state index in [1.54, 1.807) is 18.2 Å². The third kappa shape index (κ3) is 7.96. The first kappa shape index (κ1) is 21.6. The maximum absolute atomic E-state index is 13.4. The molecule has 0 spiro atoms. The second-order valence-corrected chi connectivity index (χ2v) is 9.18. The van der Waals surface area contributed by atoms with E-state index in [4.69, 9.17) is 15.4 Å². The number of nitrogens with zero attached hydrogens (tertiary/aromatic N) is 1. The van der Waals surface area contributed by atoms with E-state index in [-0.39, 0.29) is 0 Å². The molecule has 1 atom stereocenters. The molecule has 1 rings (SSSR count). The minimum Gasteiger partial charge on any atom is -0.444 e. The van der Waals surface area contributed by atoms with Gasteiger partial charge in [-0.05, 0) is 26.3 Å². The number of ether oxygens (including phenoxy) is 1. The van der Waals surface area contributed by atoms with Crippen molar-refractivity contribution in [3.05, 3.63) is 35.9 Å². The molecule has 1 unspecified atom stereocenters. The van der Waals surface area contributed by atoms with Gasteiger partial charge in [0.05, 0.1) is 5.75 Å². The van der Waals surface area contributed by atoms with Crippen molar-refractivity contribution in [2.45, 2.75) is 45.1 Å². The second kappa shape index (κ2) is 7.82. The summed E-state index contributed by atoms with van der Waals surface area (Å²) in [6.45, 7) is 4.00. The molecule has 0 bridgehead atoms. The van der Waals surface area contributed by atoms with Crippen LogP contribution in [0.15, 0.2) is 30.3 Å². The molecule has 0 saturated heterocycles. The van der Waals surface area contributed by atoms with Gasteiger partial charge in [-0.2, -0.15) is 13.2 Å². The Balaban J connectivity index is 3.27. The van der Waals surface area contributed by atoms with E-state index in [0.717, 1.165) is 0 Å². The summed E-state index contributed by atoms with van der Waals surface area (Å²) in [7, 11) is 0.494. The molecule has 1 aromatic rings. The Morgan fingerprint density at radius 2 is 1.72 bits per heavy atom. The van der Waals surface area contributed by atoms with Gasteiger partial charge in [0.15, 0.2) is 0 Å². The number of rotatable bonds is 5. The van der Waals surface area contributed by atoms with Gasteiger partial charge < -0.3 is 4.74 Å². The van der Waals surface area contributed by atoms with Gasteiger partial charge in [0.25, 0.3) is 0 Å². The van der Waals surface area contributed by atoms with Crippen LogP contribution >= 0.6 is 10.7 Å². The Morgan fingerprint density at radius 3 is 2.12 bits per heavy atom. The zero-order valence-corrected chi connectivity index (χ0v) is 15.5. The SMILES string of the molecule is CC(C)(C)OC(=O)N(Cc1ccccc1)C(CS(=O)(=O)Cl)C(F)(F)F. The largest absolute Gasteiger partial charge is 0.444 e. The summed E-state index contributed by atoms with van der Waals surface area (Å²) >= 11 is 0. The number of halogens is 4. The molecule has 0 aromatic heterocycles. The lowest BCUT2D eigenvalue weighted by Gasteiger charge is -2.34. The van der Waals surface area contributed by atoms with Gasteiger partial charge in [0, 0.05) is 17.2 Å². The third-order valence-corrected chi connectivity index (χ3v) is 4.03. The number of carbonyl (C=O) groups excluding carboxylic acids is 1. The molecular formula is C15H19ClF3NO4S. The molecule has 0 aliphatic rings. The van der Waals surface area contributed by atoms with Crippen molar-refractivity contribution in [1.29, 1.82) is 0 Å². The Morgan fingerprint density at radius 1 is 1.20 bits per heavy atom. The zero-order valence-electron chi connectivity index (χ0n) is 13.9. The highest BCUT2D eigenvalue weighted by atomic mass is 35.7. The molecular weight excluding hydrogens is 383 g/mol. The quantitative estimate of drug-likeness (QED) is 0.701. The van der Waals surface area contributed by atoms with E-state index in [9.17, 15) is 26.4 Å². The minimum absolute atomic E-state index is 0.334. The van der Waals surface area contributed by atoms with Gasteiger partial charge >= 0.3 is 12.3 Å². The predicted octanol–water partition coefficient (Wildman–Crippen LogP) is 3.92. The van der Waals surface area contributed by atoms with E-state index in [1.165, 1.54) is 32.9 Å². The highest BCUT2D eigenvalue weighted by molar-refractivity contribution is 8.13. The maximum Gasteiger partial charge on any atom is 0.411 e. The predicted molar refractivity (Wildman–Crippen MR) is 87.7 cm³/mol. The fraction of sp³-hybridized carbons (Fsp3) is 0.533. The van der Waals surface area contributed by atoms with Crippen LogP contribution in [0.3, 0.4) is 0 Å². The van der Waals surface area contributed by atoms with Crippen LogP contribution in [0.5, 0.6) is 0 Å². The van der Waals surface area contributed by atoms with Gasteiger partial charge in [-0.25, -0.2) is 13.2 Å². The molecule has 0 N–H and O–H groups in total. The summed E-state index contributed by atoms with van der Waals surface area (Å²) in [5.74, 6) is -1.47. The highest BCUT2D eigenvalue weighted by Crippen LogP contribution is 2.29. The molecule has 1 amide bonds. The lowest BCUT2D eigenvalue weighted by molar-refractivity contribution is -0.176. The lowest BCUT2D eigenvalue weighted by Crippen LogP contribution is -2.52. The smallest absolute Gasteiger partial charge is 0.411 e. The highest BCUT2D eigenvalue weighted by Gasteiger charge is 2.48. The van der Waals surface area contributed by atoms with Gasteiger partial charge in [-0.15, -0.1) is 0 Å². The van der Waals surface area contributed by atoms with E-state index >= 15 is 0 Å². The number of hydrogen-bond acceptors (Lipinski definition) is 4. The Labute approximate surface area is 149 Å². The number of hydrogen-bond donors (Lipinski definition) is 0. The van der Waals surface area contributed by atoms with E-state index in [2.05, 4.69) is 0 Å². The Kier molecular flexibility index (Phi) is 6.74. The Hall–Kier alpha value is -1.48. The summed E-state index contributed by atoms with van der Waals surface area (Å²) < 4.78 is 67.8. The van der Waals surface area contributed by atoms with Crippen LogP contribution in [-0.2, 0) is 20.3 Å². The van der Waals surface area contributed by atoms with Crippen molar-refractivity contribution in [3.8, 4) is 0 Å². The summed E-state index contributed by atoms with van der Waals surface area (Å²) in [4.78, 5) is 12.6. The summed E-state index contributed by atoms with van der Waals surface area (Å²) in [6, 6.07) is 5.23. The number of alkyl halides is 3. The first-order valence-electron chi connectivity index (χ1n) is 7.21. The first-order chi connectivity index (χ1) is 11.2. The fourth-order valence-corrected chi connectivity index (χ4v) is 3.06. The minimum atomic E-state index is -5.01. The van der Waals surface area contributed by atoms with Crippen LogP contribution in [-0.4, -0.2) is 43.0 Å². The molecule has 0 heterocycles. The van der Waals surface area contributed by atoms with Crippen LogP contribution in [0.1, 0.15) is 26.3 Å². The van der Waals surface area contributed by atoms with Crippen LogP contribution in [0.25, 0.3) is 0 Å². The van der Waals surface area contributed by atoms with Crippen molar-refractivity contribution in [2.75, 3.05) is 5.75 Å². The van der Waals surface area contributed by atoms with Gasteiger partial charge in [0.2, 0.25) is 9.05 Å². The standard InChI is InChI=1S/C15H19ClF3NO4S/c1-14(2,3)24-13(21)20(9-11-7-5-4-6-8-11)12(15(17,18)19)10-25(16,22)23/h4-8,12H,9-10H2,1-3H3. The topological polar surface area (TPSA) is 63.7 Å². The van der Waals surface area contributed by atoms with Crippen molar-refractivity contribution >= 4 is 25.8 Å². The third-order valence-electron chi connectivity index (χ3n) is 2.93. The molecule has 0 aliphatic carbocycles. The van der Waals surface area contributed by atoms with Gasteiger partial charge in [0.1, 0.15) is 11.6 Å².